The summed E-state index contributed by atoms with van der Waals surface area (Å²) in [6, 6.07) is 12.4. The van der Waals surface area contributed by atoms with Crippen molar-refractivity contribution in [2.45, 2.75) is 37.0 Å². The largest absolute Gasteiger partial charge is 0.430 e. The first-order valence-corrected chi connectivity index (χ1v) is 11.9. The number of aromatic nitrogens is 2. The molecule has 3 aromatic rings. The lowest BCUT2D eigenvalue weighted by molar-refractivity contribution is -0.262. The SMILES string of the molecule is Cn1nccc1C1CNC(=O)CC12CCN(C(=O)C(O)(c1cccc3ccccc13)C(F)(F)F)CC2. The van der Waals surface area contributed by atoms with Crippen LogP contribution in [-0.4, -0.2) is 57.4 Å². The number of amides is 2. The van der Waals surface area contributed by atoms with E-state index in [1.807, 2.05) is 13.1 Å². The van der Waals surface area contributed by atoms with Crippen molar-refractivity contribution in [2.24, 2.45) is 12.5 Å². The Balaban J connectivity index is 1.47. The zero-order valence-corrected chi connectivity index (χ0v) is 19.8. The average molecular weight is 501 g/mol. The summed E-state index contributed by atoms with van der Waals surface area (Å²) in [4.78, 5) is 26.9. The second-order valence-corrected chi connectivity index (χ2v) is 9.80. The number of aryl methyl sites for hydroxylation is 1. The van der Waals surface area contributed by atoms with E-state index in [0.29, 0.717) is 24.8 Å². The van der Waals surface area contributed by atoms with Gasteiger partial charge in [0, 0.05) is 56.5 Å². The summed E-state index contributed by atoms with van der Waals surface area (Å²) in [6.07, 6.45) is -2.66. The van der Waals surface area contributed by atoms with Crippen molar-refractivity contribution >= 4 is 22.6 Å². The first-order chi connectivity index (χ1) is 17.1. The maximum absolute atomic E-state index is 14.5. The van der Waals surface area contributed by atoms with Crippen LogP contribution in [0.2, 0.25) is 0 Å². The number of nitrogens with zero attached hydrogens (tertiary/aromatic N) is 3. The predicted octanol–water partition coefficient (Wildman–Crippen LogP) is 3.24. The van der Waals surface area contributed by atoms with E-state index >= 15 is 0 Å². The van der Waals surface area contributed by atoms with E-state index in [2.05, 4.69) is 10.4 Å². The Morgan fingerprint density at radius 3 is 2.47 bits per heavy atom. The number of nitrogens with one attached hydrogen (secondary N) is 1. The molecular weight excluding hydrogens is 473 g/mol. The topological polar surface area (TPSA) is 87.5 Å². The highest BCUT2D eigenvalue weighted by atomic mass is 19.4. The minimum atomic E-state index is -5.23. The molecule has 2 aromatic carbocycles. The van der Waals surface area contributed by atoms with Gasteiger partial charge in [0.05, 0.1) is 0 Å². The molecule has 2 aliphatic heterocycles. The molecule has 2 N–H and O–H groups in total. The van der Waals surface area contributed by atoms with Crippen LogP contribution in [0.25, 0.3) is 10.8 Å². The number of fused-ring (bicyclic) bond motifs is 1. The molecule has 1 spiro atoms. The first-order valence-electron chi connectivity index (χ1n) is 11.9. The van der Waals surface area contributed by atoms with Crippen molar-refractivity contribution in [1.82, 2.24) is 20.0 Å². The summed E-state index contributed by atoms with van der Waals surface area (Å²) in [6.45, 7) is 0.405. The smallest absolute Gasteiger partial charge is 0.368 e. The van der Waals surface area contributed by atoms with Gasteiger partial charge in [-0.2, -0.15) is 18.3 Å². The Hall–Kier alpha value is -3.40. The number of rotatable bonds is 3. The Bertz CT molecular complexity index is 1310. The number of hydrogen-bond donors (Lipinski definition) is 2. The Labute approximate surface area is 205 Å². The van der Waals surface area contributed by atoms with Gasteiger partial charge < -0.3 is 15.3 Å². The summed E-state index contributed by atoms with van der Waals surface area (Å²) in [5.41, 5.74) is -3.76. The fourth-order valence-corrected chi connectivity index (χ4v) is 5.92. The number of piperidine rings is 2. The van der Waals surface area contributed by atoms with Crippen LogP contribution in [-0.2, 0) is 22.2 Å². The van der Waals surface area contributed by atoms with E-state index in [4.69, 9.17) is 0 Å². The van der Waals surface area contributed by atoms with Gasteiger partial charge in [-0.05, 0) is 35.1 Å². The minimum absolute atomic E-state index is 0.00359. The zero-order chi connectivity index (χ0) is 25.7. The molecule has 2 saturated heterocycles. The van der Waals surface area contributed by atoms with Crippen LogP contribution < -0.4 is 5.32 Å². The lowest BCUT2D eigenvalue weighted by atomic mass is 9.63. The standard InChI is InChI=1S/C26H27F3N4O3/c1-32-21(9-12-31-32)20-16-30-22(34)15-24(20)10-13-33(14-11-24)23(35)25(36,26(27,28)29)19-8-4-6-17-5-2-3-7-18(17)19/h2-9,12,20,36H,10-11,13-16H2,1H3,(H,30,34). The Morgan fingerprint density at radius 1 is 1.11 bits per heavy atom. The van der Waals surface area contributed by atoms with E-state index in [1.54, 1.807) is 35.1 Å². The van der Waals surface area contributed by atoms with E-state index in [9.17, 15) is 27.9 Å². The highest BCUT2D eigenvalue weighted by molar-refractivity contribution is 5.95. The molecule has 3 heterocycles. The third kappa shape index (κ3) is 3.75. The number of likely N-dealkylation sites (tertiary alicyclic amines) is 1. The molecule has 2 unspecified atom stereocenters. The zero-order valence-electron chi connectivity index (χ0n) is 19.8. The second-order valence-electron chi connectivity index (χ2n) is 9.80. The van der Waals surface area contributed by atoms with E-state index in [1.165, 1.54) is 12.1 Å². The van der Waals surface area contributed by atoms with Crippen molar-refractivity contribution in [3.63, 3.8) is 0 Å². The molecule has 5 rings (SSSR count). The van der Waals surface area contributed by atoms with Crippen molar-refractivity contribution in [2.75, 3.05) is 19.6 Å². The van der Waals surface area contributed by atoms with Crippen LogP contribution in [0.5, 0.6) is 0 Å². The molecule has 0 radical (unpaired) electrons. The molecule has 7 nitrogen and oxygen atoms in total. The molecule has 0 bridgehead atoms. The Kier molecular flexibility index (Phi) is 5.82. The molecule has 190 valence electrons. The van der Waals surface area contributed by atoms with Crippen molar-refractivity contribution in [1.29, 1.82) is 0 Å². The fourth-order valence-electron chi connectivity index (χ4n) is 5.92. The van der Waals surface area contributed by atoms with Crippen LogP contribution in [0, 0.1) is 5.41 Å². The van der Waals surface area contributed by atoms with Gasteiger partial charge in [-0.15, -0.1) is 0 Å². The maximum atomic E-state index is 14.5. The quantitative estimate of drug-likeness (QED) is 0.578. The maximum Gasteiger partial charge on any atom is 0.430 e. The monoisotopic (exact) mass is 500 g/mol. The summed E-state index contributed by atoms with van der Waals surface area (Å²) in [5, 5.41) is 18.9. The number of halogens is 3. The summed E-state index contributed by atoms with van der Waals surface area (Å²) in [7, 11) is 1.81. The minimum Gasteiger partial charge on any atom is -0.368 e. The highest BCUT2D eigenvalue weighted by Gasteiger charge is 2.63. The molecule has 10 heteroatoms. The number of alkyl halides is 3. The van der Waals surface area contributed by atoms with Crippen LogP contribution >= 0.6 is 0 Å². The number of carbonyl (C=O) groups is 2. The molecule has 36 heavy (non-hydrogen) atoms. The predicted molar refractivity (Wildman–Crippen MR) is 126 cm³/mol. The highest BCUT2D eigenvalue weighted by Crippen LogP contribution is 2.50. The lowest BCUT2D eigenvalue weighted by Gasteiger charge is -2.49. The van der Waals surface area contributed by atoms with Crippen LogP contribution in [0.1, 0.15) is 36.4 Å². The molecule has 2 amide bonds. The van der Waals surface area contributed by atoms with Gasteiger partial charge in [0.2, 0.25) is 5.91 Å². The number of aliphatic hydroxyl groups is 1. The number of carbonyl (C=O) groups excluding carboxylic acids is 2. The normalized spacial score (nSPS) is 21.9. The first kappa shape index (κ1) is 24.3. The van der Waals surface area contributed by atoms with Gasteiger partial charge in [0.1, 0.15) is 0 Å². The molecule has 0 saturated carbocycles. The van der Waals surface area contributed by atoms with E-state index in [0.717, 1.165) is 16.7 Å². The molecule has 1 aromatic heterocycles. The van der Waals surface area contributed by atoms with Crippen LogP contribution in [0.15, 0.2) is 54.7 Å². The van der Waals surface area contributed by atoms with Gasteiger partial charge in [-0.3, -0.25) is 14.3 Å². The van der Waals surface area contributed by atoms with Gasteiger partial charge >= 0.3 is 6.18 Å². The van der Waals surface area contributed by atoms with Crippen molar-refractivity contribution in [3.05, 3.63) is 66.0 Å². The van der Waals surface area contributed by atoms with Crippen molar-refractivity contribution < 1.29 is 27.9 Å². The molecule has 2 atom stereocenters. The fraction of sp³-hybridized carbons (Fsp3) is 0.423. The van der Waals surface area contributed by atoms with E-state index < -0.39 is 28.7 Å². The number of hydrogen-bond acceptors (Lipinski definition) is 4. The van der Waals surface area contributed by atoms with Gasteiger partial charge in [0.15, 0.2) is 0 Å². The third-order valence-electron chi connectivity index (χ3n) is 7.92. The second kappa shape index (κ2) is 8.62. The molecule has 2 aliphatic rings. The van der Waals surface area contributed by atoms with Crippen LogP contribution in [0.3, 0.4) is 0 Å². The summed E-state index contributed by atoms with van der Waals surface area (Å²) >= 11 is 0. The third-order valence-corrected chi connectivity index (χ3v) is 7.92. The number of benzene rings is 2. The molecule has 2 fully saturated rings. The van der Waals surface area contributed by atoms with Gasteiger partial charge in [0.25, 0.3) is 11.5 Å². The summed E-state index contributed by atoms with van der Waals surface area (Å²) < 4.78 is 45.1. The lowest BCUT2D eigenvalue weighted by Crippen LogP contribution is -2.59. The van der Waals surface area contributed by atoms with Crippen molar-refractivity contribution in [3.8, 4) is 0 Å². The van der Waals surface area contributed by atoms with E-state index in [-0.39, 0.29) is 36.7 Å². The average Bonchev–Trinajstić information content (AvgIpc) is 3.28. The van der Waals surface area contributed by atoms with Gasteiger partial charge in [-0.25, -0.2) is 0 Å². The molecular formula is C26H27F3N4O3. The van der Waals surface area contributed by atoms with Crippen LogP contribution in [0.4, 0.5) is 13.2 Å². The Morgan fingerprint density at radius 2 is 1.81 bits per heavy atom. The molecule has 0 aliphatic carbocycles. The van der Waals surface area contributed by atoms with Gasteiger partial charge in [-0.1, -0.05) is 42.5 Å². The summed E-state index contributed by atoms with van der Waals surface area (Å²) in [5.74, 6) is -1.59.